The molecule has 0 saturated carbocycles. The number of pyridine rings is 1. The minimum Gasteiger partial charge on any atom is -0.455 e. The van der Waals surface area contributed by atoms with E-state index in [0.29, 0.717) is 0 Å². The molecule has 0 radical (unpaired) electrons. The Kier molecular flexibility index (Phi) is 4.29. The van der Waals surface area contributed by atoms with Crippen LogP contribution in [0.25, 0.3) is 56.1 Å². The van der Waals surface area contributed by atoms with Gasteiger partial charge >= 0.3 is 0 Å². The van der Waals surface area contributed by atoms with Crippen LogP contribution in [-0.4, -0.2) is 0 Å². The molecule has 3 aromatic carbocycles. The van der Waals surface area contributed by atoms with Gasteiger partial charge in [-0.05, 0) is 53.4 Å². The number of aryl methyl sites for hydroxylation is 2. The van der Waals surface area contributed by atoms with Gasteiger partial charge in [0.1, 0.15) is 18.2 Å². The number of rotatable bonds is 3. The van der Waals surface area contributed by atoms with Crippen molar-refractivity contribution < 1.29 is 8.98 Å². The van der Waals surface area contributed by atoms with Gasteiger partial charge in [0, 0.05) is 22.9 Å². The maximum atomic E-state index is 6.49. The number of benzene rings is 3. The fraction of sp³-hybridized carbons (Fsp3) is 0.107. The summed E-state index contributed by atoms with van der Waals surface area (Å²) < 4.78 is 8.63. The molecule has 0 unspecified atom stereocenters. The minimum atomic E-state index is 0.917. The SMILES string of the molecule is C=Cc1ccc2c(ccc3oc4c(-c5cccc[n+]5C)c(C)ccc4c32)c1/C=C\C. The monoisotopic (exact) mass is 390 g/mol. The molecule has 0 atom stereocenters. The summed E-state index contributed by atoms with van der Waals surface area (Å²) in [6, 6.07) is 19.3. The Balaban J connectivity index is 1.95. The quantitative estimate of drug-likeness (QED) is 0.297. The van der Waals surface area contributed by atoms with Crippen LogP contribution in [0.5, 0.6) is 0 Å². The van der Waals surface area contributed by atoms with Crippen molar-refractivity contribution >= 4 is 44.9 Å². The zero-order chi connectivity index (χ0) is 20.8. The third kappa shape index (κ3) is 2.61. The van der Waals surface area contributed by atoms with Gasteiger partial charge in [-0.25, -0.2) is 4.57 Å². The van der Waals surface area contributed by atoms with Crippen LogP contribution in [0.4, 0.5) is 0 Å². The van der Waals surface area contributed by atoms with Crippen LogP contribution in [-0.2, 0) is 7.05 Å². The normalized spacial score (nSPS) is 11.8. The Labute approximate surface area is 176 Å². The lowest BCUT2D eigenvalue weighted by Crippen LogP contribution is -2.30. The summed E-state index contributed by atoms with van der Waals surface area (Å²) in [5.41, 5.74) is 7.70. The minimum absolute atomic E-state index is 0.917. The first kappa shape index (κ1) is 18.4. The number of furan rings is 1. The summed E-state index contributed by atoms with van der Waals surface area (Å²) in [5, 5.41) is 4.74. The van der Waals surface area contributed by atoms with Crippen molar-refractivity contribution in [2.75, 3.05) is 0 Å². The molecule has 2 aromatic heterocycles. The van der Waals surface area contributed by atoms with Crippen molar-refractivity contribution in [1.29, 1.82) is 0 Å². The van der Waals surface area contributed by atoms with Gasteiger partial charge in [-0.3, -0.25) is 0 Å². The molecule has 2 nitrogen and oxygen atoms in total. The average Bonchev–Trinajstić information content (AvgIpc) is 3.13. The fourth-order valence-electron chi connectivity index (χ4n) is 4.51. The lowest BCUT2D eigenvalue weighted by Gasteiger charge is -2.08. The Morgan fingerprint density at radius 3 is 2.50 bits per heavy atom. The second-order valence-electron chi connectivity index (χ2n) is 7.74. The Morgan fingerprint density at radius 1 is 0.933 bits per heavy atom. The van der Waals surface area contributed by atoms with Crippen LogP contribution in [0.1, 0.15) is 23.6 Å². The second-order valence-corrected chi connectivity index (χ2v) is 7.74. The van der Waals surface area contributed by atoms with E-state index < -0.39 is 0 Å². The zero-order valence-corrected chi connectivity index (χ0v) is 17.6. The molecule has 0 aliphatic carbocycles. The van der Waals surface area contributed by atoms with E-state index >= 15 is 0 Å². The topological polar surface area (TPSA) is 17.0 Å². The third-order valence-electron chi connectivity index (χ3n) is 5.95. The van der Waals surface area contributed by atoms with E-state index in [1.807, 2.05) is 19.1 Å². The molecule has 2 heteroatoms. The van der Waals surface area contributed by atoms with E-state index in [0.717, 1.165) is 33.4 Å². The molecular weight excluding hydrogens is 366 g/mol. The maximum absolute atomic E-state index is 6.49. The maximum Gasteiger partial charge on any atom is 0.216 e. The van der Waals surface area contributed by atoms with Crippen LogP contribution in [0, 0.1) is 6.92 Å². The Hall–Kier alpha value is -3.65. The number of hydrogen-bond donors (Lipinski definition) is 0. The average molecular weight is 391 g/mol. The first-order valence-electron chi connectivity index (χ1n) is 10.3. The lowest BCUT2D eigenvalue weighted by atomic mass is 9.94. The molecule has 0 amide bonds. The van der Waals surface area contributed by atoms with Gasteiger partial charge in [-0.1, -0.05) is 55.1 Å². The highest BCUT2D eigenvalue weighted by Crippen LogP contribution is 2.41. The van der Waals surface area contributed by atoms with Crippen LogP contribution in [0.2, 0.25) is 0 Å². The highest BCUT2D eigenvalue weighted by molar-refractivity contribution is 6.22. The van der Waals surface area contributed by atoms with E-state index in [4.69, 9.17) is 4.42 Å². The van der Waals surface area contributed by atoms with Gasteiger partial charge in [0.15, 0.2) is 6.20 Å². The number of nitrogens with zero attached hydrogens (tertiary/aromatic N) is 1. The van der Waals surface area contributed by atoms with E-state index in [2.05, 4.69) is 92.0 Å². The molecule has 2 heterocycles. The molecule has 0 fully saturated rings. The molecule has 0 saturated heterocycles. The molecule has 0 aliphatic rings. The van der Waals surface area contributed by atoms with E-state index in [1.165, 1.54) is 27.3 Å². The van der Waals surface area contributed by atoms with Gasteiger partial charge in [0.2, 0.25) is 5.69 Å². The summed E-state index contributed by atoms with van der Waals surface area (Å²) >= 11 is 0. The van der Waals surface area contributed by atoms with E-state index in [-0.39, 0.29) is 0 Å². The first-order valence-corrected chi connectivity index (χ1v) is 10.3. The Bertz CT molecular complexity index is 1480. The largest absolute Gasteiger partial charge is 0.455 e. The van der Waals surface area contributed by atoms with Crippen LogP contribution < -0.4 is 4.57 Å². The summed E-state index contributed by atoms with van der Waals surface area (Å²) in [6.45, 7) is 8.19. The molecule has 146 valence electrons. The fourth-order valence-corrected chi connectivity index (χ4v) is 4.51. The highest BCUT2D eigenvalue weighted by Gasteiger charge is 2.21. The molecule has 0 bridgehead atoms. The molecule has 30 heavy (non-hydrogen) atoms. The molecule has 5 aromatic rings. The predicted octanol–water partition coefficient (Wildman–Crippen LogP) is 7.22. The van der Waals surface area contributed by atoms with Gasteiger partial charge in [0.25, 0.3) is 0 Å². The van der Waals surface area contributed by atoms with Gasteiger partial charge in [-0.2, -0.15) is 0 Å². The predicted molar refractivity (Wildman–Crippen MR) is 127 cm³/mol. The molecule has 5 rings (SSSR count). The summed E-state index contributed by atoms with van der Waals surface area (Å²) in [7, 11) is 2.08. The lowest BCUT2D eigenvalue weighted by molar-refractivity contribution is -0.660. The van der Waals surface area contributed by atoms with Gasteiger partial charge in [0.05, 0.1) is 5.56 Å². The number of hydrogen-bond acceptors (Lipinski definition) is 1. The van der Waals surface area contributed by atoms with Crippen molar-refractivity contribution in [3.05, 3.63) is 90.1 Å². The highest BCUT2D eigenvalue weighted by atomic mass is 16.3. The summed E-state index contributed by atoms with van der Waals surface area (Å²) in [4.78, 5) is 0. The van der Waals surface area contributed by atoms with Crippen molar-refractivity contribution in [3.63, 3.8) is 0 Å². The van der Waals surface area contributed by atoms with Crippen LogP contribution in [0.15, 0.2) is 77.9 Å². The zero-order valence-electron chi connectivity index (χ0n) is 17.6. The number of allylic oxidation sites excluding steroid dienone is 1. The van der Waals surface area contributed by atoms with Crippen molar-refractivity contribution in [2.24, 2.45) is 7.05 Å². The first-order chi connectivity index (χ1) is 14.6. The smallest absolute Gasteiger partial charge is 0.216 e. The summed E-state index contributed by atoms with van der Waals surface area (Å²) in [6.07, 6.45) is 8.23. The van der Waals surface area contributed by atoms with Gasteiger partial charge in [-0.15, -0.1) is 0 Å². The Morgan fingerprint density at radius 2 is 1.73 bits per heavy atom. The molecule has 0 spiro atoms. The van der Waals surface area contributed by atoms with E-state index in [1.54, 1.807) is 0 Å². The molecule has 0 aliphatic heterocycles. The van der Waals surface area contributed by atoms with Crippen molar-refractivity contribution in [3.8, 4) is 11.3 Å². The third-order valence-corrected chi connectivity index (χ3v) is 5.95. The van der Waals surface area contributed by atoms with E-state index in [9.17, 15) is 0 Å². The standard InChI is InChI=1S/C28H24NO/c1-5-9-20-19(6-2)12-14-22-21(20)15-16-25-27(22)23-13-11-18(3)26(28(23)30-25)24-10-7-8-17-29(24)4/h5-17H,2H2,1,3-4H3/q+1/b9-5-. The molecular formula is C28H24NO+. The van der Waals surface area contributed by atoms with Crippen LogP contribution >= 0.6 is 0 Å². The van der Waals surface area contributed by atoms with Gasteiger partial charge < -0.3 is 4.42 Å². The second kappa shape index (κ2) is 7.00. The number of aromatic nitrogens is 1. The van der Waals surface area contributed by atoms with Crippen molar-refractivity contribution in [1.82, 2.24) is 0 Å². The van der Waals surface area contributed by atoms with Crippen molar-refractivity contribution in [2.45, 2.75) is 13.8 Å². The number of fused-ring (bicyclic) bond motifs is 5. The summed E-state index contributed by atoms with van der Waals surface area (Å²) in [5.74, 6) is 0. The van der Waals surface area contributed by atoms with Crippen LogP contribution in [0.3, 0.4) is 0 Å². The molecule has 0 N–H and O–H groups in total.